The molecule has 0 spiro atoms. The number of hydrogen-bond acceptors (Lipinski definition) is 3. The van der Waals surface area contributed by atoms with Gasteiger partial charge in [0.2, 0.25) is 5.88 Å². The summed E-state index contributed by atoms with van der Waals surface area (Å²) in [4.78, 5) is 3.82. The highest BCUT2D eigenvalue weighted by molar-refractivity contribution is 5.39. The van der Waals surface area contributed by atoms with Crippen LogP contribution in [0.2, 0.25) is 0 Å². The van der Waals surface area contributed by atoms with E-state index in [0.717, 1.165) is 6.07 Å². The minimum atomic E-state index is -4.51. The van der Waals surface area contributed by atoms with E-state index >= 15 is 0 Å². The molecule has 100 valence electrons. The van der Waals surface area contributed by atoms with Gasteiger partial charge in [-0.05, 0) is 24.3 Å². The van der Waals surface area contributed by atoms with Gasteiger partial charge in [0.05, 0.1) is 12.2 Å². The Kier molecular flexibility index (Phi) is 3.71. The molecular formula is C13H10F3NO2. The second-order valence-electron chi connectivity index (χ2n) is 3.72. The van der Waals surface area contributed by atoms with Gasteiger partial charge in [0.15, 0.2) is 0 Å². The monoisotopic (exact) mass is 269 g/mol. The average molecular weight is 269 g/mol. The van der Waals surface area contributed by atoms with Gasteiger partial charge in [0, 0.05) is 11.8 Å². The van der Waals surface area contributed by atoms with Crippen LogP contribution in [0.15, 0.2) is 42.6 Å². The number of hydrogen-bond donors (Lipinski definition) is 1. The van der Waals surface area contributed by atoms with Gasteiger partial charge in [-0.25, -0.2) is 4.98 Å². The van der Waals surface area contributed by atoms with Crippen molar-refractivity contribution in [3.05, 3.63) is 53.7 Å². The molecule has 6 heteroatoms. The summed E-state index contributed by atoms with van der Waals surface area (Å²) in [6.07, 6.45) is -3.13. The third-order valence-corrected chi connectivity index (χ3v) is 2.42. The summed E-state index contributed by atoms with van der Waals surface area (Å²) in [6.45, 7) is -0.364. The summed E-state index contributed by atoms with van der Waals surface area (Å²) in [6, 6.07) is 7.94. The summed E-state index contributed by atoms with van der Waals surface area (Å²) in [5.74, 6) is -0.384. The van der Waals surface area contributed by atoms with E-state index in [9.17, 15) is 13.2 Å². The Labute approximate surface area is 107 Å². The van der Waals surface area contributed by atoms with Crippen LogP contribution in [0.25, 0.3) is 0 Å². The molecule has 2 rings (SSSR count). The van der Waals surface area contributed by atoms with E-state index in [2.05, 4.69) is 4.98 Å². The van der Waals surface area contributed by atoms with Gasteiger partial charge in [-0.1, -0.05) is 12.1 Å². The molecule has 3 nitrogen and oxygen atoms in total. The van der Waals surface area contributed by atoms with E-state index in [1.807, 2.05) is 0 Å². The summed E-state index contributed by atoms with van der Waals surface area (Å²) >= 11 is 0. The molecule has 0 bridgehead atoms. The van der Waals surface area contributed by atoms with Crippen molar-refractivity contribution >= 4 is 0 Å². The highest BCUT2D eigenvalue weighted by Crippen LogP contribution is 2.37. The third-order valence-electron chi connectivity index (χ3n) is 2.42. The molecule has 2 aromatic rings. The van der Waals surface area contributed by atoms with Crippen molar-refractivity contribution in [3.8, 4) is 11.6 Å². The van der Waals surface area contributed by atoms with E-state index in [-0.39, 0.29) is 18.2 Å². The first-order chi connectivity index (χ1) is 9.02. The van der Waals surface area contributed by atoms with Gasteiger partial charge in [-0.2, -0.15) is 13.2 Å². The van der Waals surface area contributed by atoms with E-state index in [0.29, 0.717) is 5.56 Å². The zero-order valence-electron chi connectivity index (χ0n) is 9.69. The second-order valence-corrected chi connectivity index (χ2v) is 3.72. The number of halogens is 3. The van der Waals surface area contributed by atoms with Gasteiger partial charge in [-0.15, -0.1) is 0 Å². The van der Waals surface area contributed by atoms with Crippen LogP contribution < -0.4 is 4.74 Å². The van der Waals surface area contributed by atoms with Crippen LogP contribution in [0.3, 0.4) is 0 Å². The highest BCUT2D eigenvalue weighted by atomic mass is 19.4. The van der Waals surface area contributed by atoms with Crippen LogP contribution in [0.4, 0.5) is 13.2 Å². The molecule has 0 fully saturated rings. The van der Waals surface area contributed by atoms with Crippen molar-refractivity contribution in [3.63, 3.8) is 0 Å². The average Bonchev–Trinajstić information content (AvgIpc) is 2.39. The standard InChI is InChI=1S/C13H10F3NO2/c14-13(15,16)10-5-1-2-6-11(10)19-12-9(8-18)4-3-7-17-12/h1-7,18H,8H2. The molecule has 1 aromatic carbocycles. The first-order valence-corrected chi connectivity index (χ1v) is 5.41. The molecule has 0 aliphatic rings. The fraction of sp³-hybridized carbons (Fsp3) is 0.154. The topological polar surface area (TPSA) is 42.4 Å². The number of nitrogens with zero attached hydrogens (tertiary/aromatic N) is 1. The number of aromatic nitrogens is 1. The van der Waals surface area contributed by atoms with Gasteiger partial charge in [0.1, 0.15) is 5.75 Å². The zero-order valence-corrected chi connectivity index (χ0v) is 9.69. The molecule has 0 amide bonds. The highest BCUT2D eigenvalue weighted by Gasteiger charge is 2.34. The van der Waals surface area contributed by atoms with Crippen LogP contribution in [0, 0.1) is 0 Å². The third kappa shape index (κ3) is 3.03. The van der Waals surface area contributed by atoms with E-state index < -0.39 is 11.7 Å². The van der Waals surface area contributed by atoms with Crippen LogP contribution in [-0.4, -0.2) is 10.1 Å². The van der Waals surface area contributed by atoms with Gasteiger partial charge >= 0.3 is 6.18 Å². The Morgan fingerprint density at radius 2 is 1.84 bits per heavy atom. The number of aliphatic hydroxyl groups is 1. The number of pyridine rings is 1. The number of rotatable bonds is 3. The largest absolute Gasteiger partial charge is 0.438 e. The second kappa shape index (κ2) is 5.27. The van der Waals surface area contributed by atoms with Gasteiger partial charge < -0.3 is 9.84 Å². The lowest BCUT2D eigenvalue weighted by Gasteiger charge is -2.14. The van der Waals surface area contributed by atoms with Crippen molar-refractivity contribution in [1.82, 2.24) is 4.98 Å². The van der Waals surface area contributed by atoms with Crippen molar-refractivity contribution < 1.29 is 23.0 Å². The predicted octanol–water partition coefficient (Wildman–Crippen LogP) is 3.39. The summed E-state index contributed by atoms with van der Waals surface area (Å²) in [5.41, 5.74) is -0.566. The maximum absolute atomic E-state index is 12.8. The van der Waals surface area contributed by atoms with Crippen molar-refractivity contribution in [2.75, 3.05) is 0 Å². The van der Waals surface area contributed by atoms with Crippen molar-refractivity contribution in [1.29, 1.82) is 0 Å². The molecule has 0 saturated heterocycles. The lowest BCUT2D eigenvalue weighted by Crippen LogP contribution is -2.07. The number of benzene rings is 1. The van der Waals surface area contributed by atoms with E-state index in [1.54, 1.807) is 6.07 Å². The van der Waals surface area contributed by atoms with Gasteiger partial charge in [-0.3, -0.25) is 0 Å². The molecule has 19 heavy (non-hydrogen) atoms. The molecule has 1 aromatic heterocycles. The summed E-state index contributed by atoms with van der Waals surface area (Å²) in [7, 11) is 0. The Hall–Kier alpha value is -2.08. The Morgan fingerprint density at radius 1 is 1.11 bits per heavy atom. The Bertz CT molecular complexity index is 570. The normalized spacial score (nSPS) is 11.4. The molecule has 0 aliphatic heterocycles. The molecule has 1 N–H and O–H groups in total. The SMILES string of the molecule is OCc1cccnc1Oc1ccccc1C(F)(F)F. The molecule has 0 atom stereocenters. The van der Waals surface area contributed by atoms with E-state index in [1.165, 1.54) is 30.5 Å². The fourth-order valence-electron chi connectivity index (χ4n) is 1.53. The van der Waals surface area contributed by atoms with Crippen LogP contribution in [0.1, 0.15) is 11.1 Å². The molecule has 0 aliphatic carbocycles. The molecule has 0 saturated carbocycles. The number of alkyl halides is 3. The fourth-order valence-corrected chi connectivity index (χ4v) is 1.53. The van der Waals surface area contributed by atoms with Crippen LogP contribution >= 0.6 is 0 Å². The van der Waals surface area contributed by atoms with Crippen molar-refractivity contribution in [2.24, 2.45) is 0 Å². The minimum Gasteiger partial charge on any atom is -0.438 e. The van der Waals surface area contributed by atoms with E-state index in [4.69, 9.17) is 9.84 Å². The first kappa shape index (κ1) is 13.4. The Morgan fingerprint density at radius 3 is 2.53 bits per heavy atom. The zero-order chi connectivity index (χ0) is 13.9. The quantitative estimate of drug-likeness (QED) is 0.928. The molecule has 0 unspecified atom stereocenters. The number of para-hydroxylation sites is 1. The molecule has 1 heterocycles. The Balaban J connectivity index is 2.39. The van der Waals surface area contributed by atoms with Gasteiger partial charge in [0.25, 0.3) is 0 Å². The molecular weight excluding hydrogens is 259 g/mol. The number of ether oxygens (including phenoxy) is 1. The van der Waals surface area contributed by atoms with Crippen LogP contribution in [-0.2, 0) is 12.8 Å². The minimum absolute atomic E-state index is 0.0401. The summed E-state index contributed by atoms with van der Waals surface area (Å²) in [5, 5.41) is 9.08. The van der Waals surface area contributed by atoms with Crippen molar-refractivity contribution in [2.45, 2.75) is 12.8 Å². The lowest BCUT2D eigenvalue weighted by atomic mass is 10.2. The smallest absolute Gasteiger partial charge is 0.419 e. The van der Waals surface area contributed by atoms with Crippen LogP contribution in [0.5, 0.6) is 11.6 Å². The predicted molar refractivity (Wildman–Crippen MR) is 61.7 cm³/mol. The summed E-state index contributed by atoms with van der Waals surface area (Å²) < 4.78 is 43.5. The number of aliphatic hydroxyl groups excluding tert-OH is 1. The first-order valence-electron chi connectivity index (χ1n) is 5.41. The molecule has 0 radical (unpaired) electrons. The maximum Gasteiger partial charge on any atom is 0.419 e. The lowest BCUT2D eigenvalue weighted by molar-refractivity contribution is -0.138. The maximum atomic E-state index is 12.8.